The van der Waals surface area contributed by atoms with E-state index in [9.17, 15) is 27.2 Å². The van der Waals surface area contributed by atoms with Gasteiger partial charge in [-0.1, -0.05) is 0 Å². The minimum atomic E-state index is -4.29. The SMILES string of the molecule is CC(NC(=O)c1ccnc(NC(=O)C2CC2)c1)C(C=N)C1C(F)=C1CCCC(F)(F)F. The number of hydrogen-bond acceptors (Lipinski definition) is 4. The van der Waals surface area contributed by atoms with Crippen LogP contribution in [-0.2, 0) is 4.79 Å². The number of alkyl halides is 3. The van der Waals surface area contributed by atoms with E-state index in [4.69, 9.17) is 5.41 Å². The van der Waals surface area contributed by atoms with Crippen LogP contribution >= 0.6 is 0 Å². The second kappa shape index (κ2) is 9.15. The molecule has 1 heterocycles. The van der Waals surface area contributed by atoms with E-state index in [1.807, 2.05) is 0 Å². The van der Waals surface area contributed by atoms with Crippen molar-refractivity contribution in [2.75, 3.05) is 5.32 Å². The van der Waals surface area contributed by atoms with E-state index in [0.717, 1.165) is 19.1 Å². The van der Waals surface area contributed by atoms with Gasteiger partial charge in [0, 0.05) is 48.2 Å². The van der Waals surface area contributed by atoms with Crippen LogP contribution in [0, 0.1) is 23.2 Å². The van der Waals surface area contributed by atoms with Crippen LogP contribution < -0.4 is 10.6 Å². The highest BCUT2D eigenvalue weighted by atomic mass is 19.4. The minimum absolute atomic E-state index is 0.0149. The predicted octanol–water partition coefficient (Wildman–Crippen LogP) is 4.40. The normalized spacial score (nSPS) is 20.1. The van der Waals surface area contributed by atoms with Crippen molar-refractivity contribution in [1.82, 2.24) is 10.3 Å². The Kier molecular flexibility index (Phi) is 6.76. The van der Waals surface area contributed by atoms with Crippen molar-refractivity contribution in [3.8, 4) is 0 Å². The minimum Gasteiger partial charge on any atom is -0.349 e. The summed E-state index contributed by atoms with van der Waals surface area (Å²) in [7, 11) is 0. The number of anilines is 1. The van der Waals surface area contributed by atoms with Crippen LogP contribution in [0.15, 0.2) is 29.7 Å². The molecule has 0 saturated heterocycles. The maximum Gasteiger partial charge on any atom is 0.389 e. The van der Waals surface area contributed by atoms with Crippen LogP contribution in [0.4, 0.5) is 23.4 Å². The number of pyridine rings is 1. The number of carbonyl (C=O) groups excluding carboxylic acids is 2. The van der Waals surface area contributed by atoms with Crippen molar-refractivity contribution in [3.05, 3.63) is 35.3 Å². The number of carbonyl (C=O) groups is 2. The Morgan fingerprint density at radius 1 is 1.35 bits per heavy atom. The van der Waals surface area contributed by atoms with E-state index < -0.39 is 42.2 Å². The molecule has 3 N–H and O–H groups in total. The number of nitrogens with zero attached hydrogens (tertiary/aromatic N) is 1. The quantitative estimate of drug-likeness (QED) is 0.372. The van der Waals surface area contributed by atoms with Crippen molar-refractivity contribution >= 4 is 23.8 Å². The number of allylic oxidation sites excluding steroid dienone is 2. The number of rotatable bonds is 10. The average molecular weight is 440 g/mol. The summed E-state index contributed by atoms with van der Waals surface area (Å²) in [5, 5.41) is 13.0. The lowest BCUT2D eigenvalue weighted by molar-refractivity contribution is -0.135. The van der Waals surface area contributed by atoms with E-state index in [1.54, 1.807) is 6.92 Å². The Morgan fingerprint density at radius 3 is 2.68 bits per heavy atom. The second-order valence-electron chi connectivity index (χ2n) is 8.02. The Morgan fingerprint density at radius 2 is 2.06 bits per heavy atom. The van der Waals surface area contributed by atoms with Gasteiger partial charge in [-0.3, -0.25) is 9.59 Å². The summed E-state index contributed by atoms with van der Waals surface area (Å²) in [6.45, 7) is 1.61. The largest absolute Gasteiger partial charge is 0.389 e. The molecule has 1 saturated carbocycles. The molecule has 3 rings (SSSR count). The summed E-state index contributed by atoms with van der Waals surface area (Å²) >= 11 is 0. The van der Waals surface area contributed by atoms with E-state index in [1.165, 1.54) is 18.3 Å². The molecule has 168 valence electrons. The molecule has 3 unspecified atom stereocenters. The summed E-state index contributed by atoms with van der Waals surface area (Å²) in [6, 6.07) is 2.27. The molecule has 1 aromatic rings. The predicted molar refractivity (Wildman–Crippen MR) is 106 cm³/mol. The van der Waals surface area contributed by atoms with Gasteiger partial charge in [-0.05, 0) is 50.3 Å². The Hall–Kier alpha value is -2.78. The zero-order valence-corrected chi connectivity index (χ0v) is 16.9. The number of aromatic nitrogens is 1. The van der Waals surface area contributed by atoms with Gasteiger partial charge >= 0.3 is 6.18 Å². The molecule has 2 aliphatic carbocycles. The third kappa shape index (κ3) is 6.11. The molecule has 0 aromatic carbocycles. The lowest BCUT2D eigenvalue weighted by Crippen LogP contribution is -2.40. The summed E-state index contributed by atoms with van der Waals surface area (Å²) in [5.41, 5.74) is 0.527. The maximum atomic E-state index is 14.1. The summed E-state index contributed by atoms with van der Waals surface area (Å²) in [5.74, 6) is -2.32. The second-order valence-corrected chi connectivity index (χ2v) is 8.02. The van der Waals surface area contributed by atoms with Gasteiger partial charge in [-0.2, -0.15) is 13.2 Å². The van der Waals surface area contributed by atoms with E-state index in [0.29, 0.717) is 0 Å². The van der Waals surface area contributed by atoms with Crippen molar-refractivity contribution < 1.29 is 27.2 Å². The average Bonchev–Trinajstić information content (AvgIpc) is 3.61. The highest BCUT2D eigenvalue weighted by molar-refractivity contribution is 5.97. The van der Waals surface area contributed by atoms with Crippen LogP contribution in [0.1, 0.15) is 49.4 Å². The molecule has 10 heteroatoms. The molecular weight excluding hydrogens is 416 g/mol. The Balaban J connectivity index is 1.55. The van der Waals surface area contributed by atoms with E-state index in [-0.39, 0.29) is 41.6 Å². The van der Waals surface area contributed by atoms with Gasteiger partial charge in [0.1, 0.15) is 11.6 Å². The first-order valence-electron chi connectivity index (χ1n) is 10.1. The van der Waals surface area contributed by atoms with Gasteiger partial charge in [0.25, 0.3) is 5.91 Å². The maximum absolute atomic E-state index is 14.1. The fourth-order valence-corrected chi connectivity index (χ4v) is 3.54. The lowest BCUT2D eigenvalue weighted by atomic mass is 9.92. The van der Waals surface area contributed by atoms with Gasteiger partial charge in [-0.15, -0.1) is 0 Å². The Labute approximate surface area is 177 Å². The van der Waals surface area contributed by atoms with E-state index >= 15 is 0 Å². The zero-order valence-electron chi connectivity index (χ0n) is 16.9. The standard InChI is InChI=1S/C21H24F4N4O2/c1-11(15(10-26)17-14(18(17)22)3-2-7-21(23,24)25)28-20(31)13-6-8-27-16(9-13)29-19(30)12-4-5-12/h6,8-12,15,17,26H,2-5,7H2,1H3,(H,28,31)(H,27,29,30). The van der Waals surface area contributed by atoms with Crippen LogP contribution in [-0.4, -0.2) is 35.2 Å². The van der Waals surface area contributed by atoms with Crippen LogP contribution in [0.3, 0.4) is 0 Å². The molecule has 6 nitrogen and oxygen atoms in total. The number of nitrogens with one attached hydrogen (secondary N) is 3. The molecule has 1 aromatic heterocycles. The van der Waals surface area contributed by atoms with Gasteiger partial charge in [0.2, 0.25) is 5.91 Å². The summed E-state index contributed by atoms with van der Waals surface area (Å²) < 4.78 is 51.0. The topological polar surface area (TPSA) is 94.9 Å². The van der Waals surface area contributed by atoms with Crippen LogP contribution in [0.25, 0.3) is 0 Å². The van der Waals surface area contributed by atoms with Crippen molar-refractivity contribution in [1.29, 1.82) is 5.41 Å². The third-order valence-corrected chi connectivity index (χ3v) is 5.51. The monoisotopic (exact) mass is 440 g/mol. The highest BCUT2D eigenvalue weighted by Gasteiger charge is 2.44. The van der Waals surface area contributed by atoms with Crippen molar-refractivity contribution in [3.63, 3.8) is 0 Å². The number of hydrogen-bond donors (Lipinski definition) is 3. The molecule has 0 radical (unpaired) electrons. The first-order valence-corrected chi connectivity index (χ1v) is 10.1. The molecule has 31 heavy (non-hydrogen) atoms. The van der Waals surface area contributed by atoms with Gasteiger partial charge in [-0.25, -0.2) is 9.37 Å². The van der Waals surface area contributed by atoms with Crippen LogP contribution in [0.2, 0.25) is 0 Å². The first-order chi connectivity index (χ1) is 14.6. The third-order valence-electron chi connectivity index (χ3n) is 5.51. The van der Waals surface area contributed by atoms with Gasteiger partial charge < -0.3 is 16.0 Å². The van der Waals surface area contributed by atoms with E-state index in [2.05, 4.69) is 15.6 Å². The van der Waals surface area contributed by atoms with Crippen LogP contribution in [0.5, 0.6) is 0 Å². The molecular formula is C21H24F4N4O2. The zero-order chi connectivity index (χ0) is 22.8. The molecule has 1 fully saturated rings. The number of halogens is 4. The molecule has 0 aliphatic heterocycles. The molecule has 0 spiro atoms. The highest BCUT2D eigenvalue weighted by Crippen LogP contribution is 2.49. The summed E-state index contributed by atoms with van der Waals surface area (Å²) in [4.78, 5) is 28.5. The molecule has 2 amide bonds. The fraction of sp³-hybridized carbons (Fsp3) is 0.524. The number of amides is 2. The fourth-order valence-electron chi connectivity index (χ4n) is 3.54. The molecule has 3 atom stereocenters. The summed E-state index contributed by atoms with van der Waals surface area (Å²) in [6.07, 6.45) is -1.44. The van der Waals surface area contributed by atoms with Gasteiger partial charge in [0.05, 0.1) is 0 Å². The van der Waals surface area contributed by atoms with Crippen molar-refractivity contribution in [2.45, 2.75) is 51.2 Å². The lowest BCUT2D eigenvalue weighted by Gasteiger charge is -2.22. The van der Waals surface area contributed by atoms with Crippen molar-refractivity contribution in [2.24, 2.45) is 17.8 Å². The van der Waals surface area contributed by atoms with Gasteiger partial charge in [0.15, 0.2) is 0 Å². The molecule has 0 bridgehead atoms. The smallest absolute Gasteiger partial charge is 0.349 e. The Bertz CT molecular complexity index is 896. The molecule has 2 aliphatic rings. The first kappa shape index (κ1) is 22.9.